The lowest BCUT2D eigenvalue weighted by atomic mass is 10.0. The molecule has 0 amide bonds. The van der Waals surface area contributed by atoms with Gasteiger partial charge in [0.05, 0.1) is 0 Å². The quantitative estimate of drug-likeness (QED) is 0.597. The van der Waals surface area contributed by atoms with Crippen molar-refractivity contribution in [3.63, 3.8) is 0 Å². The van der Waals surface area contributed by atoms with Crippen LogP contribution in [-0.4, -0.2) is 20.6 Å². The van der Waals surface area contributed by atoms with Crippen molar-refractivity contribution in [3.05, 3.63) is 11.1 Å². The third-order valence-electron chi connectivity index (χ3n) is 1.86. The van der Waals surface area contributed by atoms with Gasteiger partial charge in [-0.25, -0.2) is 8.37 Å². The molecule has 1 heterocycles. The average molecular weight is 211 g/mol. The van der Waals surface area contributed by atoms with E-state index < -0.39 is 22.6 Å². The van der Waals surface area contributed by atoms with Crippen LogP contribution >= 0.6 is 11.6 Å². The molecular weight excluding hydrogens is 204 g/mol. The molecule has 2 atom stereocenters. The van der Waals surface area contributed by atoms with Crippen LogP contribution in [0.3, 0.4) is 0 Å². The summed E-state index contributed by atoms with van der Waals surface area (Å²) in [4.78, 5) is 0. The Labute approximate surface area is 75.4 Å². The summed E-state index contributed by atoms with van der Waals surface area (Å²) in [6.45, 7) is 0. The Morgan fingerprint density at radius 3 is 2.92 bits per heavy atom. The first-order valence-electron chi connectivity index (χ1n) is 3.55. The lowest BCUT2D eigenvalue weighted by Crippen LogP contribution is -2.25. The average Bonchev–Trinajstić information content (AvgIpc) is 2.25. The van der Waals surface area contributed by atoms with Crippen LogP contribution in [0.1, 0.15) is 12.8 Å². The monoisotopic (exact) mass is 210 g/mol. The minimum Gasteiger partial charge on any atom is -0.242 e. The van der Waals surface area contributed by atoms with Crippen molar-refractivity contribution in [2.75, 3.05) is 0 Å². The molecule has 0 bridgehead atoms. The smallest absolute Gasteiger partial charge is 0.242 e. The Hall–Kier alpha value is -0.100. The van der Waals surface area contributed by atoms with Crippen molar-refractivity contribution in [1.29, 1.82) is 0 Å². The fourth-order valence-electron chi connectivity index (χ4n) is 1.34. The molecular formula is C6H7ClO4S. The van der Waals surface area contributed by atoms with Crippen LogP contribution in [0.4, 0.5) is 0 Å². The van der Waals surface area contributed by atoms with E-state index >= 15 is 0 Å². The fourth-order valence-corrected chi connectivity index (χ4v) is 2.71. The van der Waals surface area contributed by atoms with Gasteiger partial charge in [-0.15, -0.1) is 0 Å². The van der Waals surface area contributed by atoms with Gasteiger partial charge < -0.3 is 0 Å². The number of halogens is 1. The van der Waals surface area contributed by atoms with E-state index in [-0.39, 0.29) is 0 Å². The van der Waals surface area contributed by atoms with Gasteiger partial charge in [-0.05, 0) is 12.8 Å². The summed E-state index contributed by atoms with van der Waals surface area (Å²) in [5.41, 5.74) is 0. The predicted octanol–water partition coefficient (Wildman–Crippen LogP) is 0.932. The standard InChI is InChI=1S/C6H7ClO4S/c7-4-2-1-3-5-6(4)11-12(8,9)10-5/h2,5-6H,1,3H2/t5-,6+/m0/s1. The van der Waals surface area contributed by atoms with Crippen molar-refractivity contribution in [2.45, 2.75) is 25.0 Å². The van der Waals surface area contributed by atoms with E-state index in [1.807, 2.05) is 0 Å². The van der Waals surface area contributed by atoms with Crippen LogP contribution in [0, 0.1) is 0 Å². The van der Waals surface area contributed by atoms with E-state index in [0.29, 0.717) is 11.5 Å². The molecule has 1 aliphatic carbocycles. The van der Waals surface area contributed by atoms with E-state index in [2.05, 4.69) is 8.37 Å². The van der Waals surface area contributed by atoms with Gasteiger partial charge in [0.25, 0.3) is 0 Å². The molecule has 1 fully saturated rings. The van der Waals surface area contributed by atoms with E-state index in [4.69, 9.17) is 11.6 Å². The van der Waals surface area contributed by atoms with Gasteiger partial charge in [0.1, 0.15) is 12.2 Å². The Balaban J connectivity index is 2.30. The zero-order valence-electron chi connectivity index (χ0n) is 6.07. The third kappa shape index (κ3) is 1.37. The summed E-state index contributed by atoms with van der Waals surface area (Å²) in [5, 5.41) is 0.423. The molecule has 0 radical (unpaired) electrons. The van der Waals surface area contributed by atoms with Gasteiger partial charge in [0.15, 0.2) is 0 Å². The second-order valence-electron chi connectivity index (χ2n) is 2.73. The largest absolute Gasteiger partial charge is 0.400 e. The Morgan fingerprint density at radius 1 is 1.50 bits per heavy atom. The first-order chi connectivity index (χ1) is 5.58. The maximum absolute atomic E-state index is 10.8. The van der Waals surface area contributed by atoms with Gasteiger partial charge >= 0.3 is 10.4 Å². The molecule has 0 spiro atoms. The Bertz CT molecular complexity index is 320. The maximum atomic E-state index is 10.8. The summed E-state index contributed by atoms with van der Waals surface area (Å²) in [6.07, 6.45) is 2.10. The summed E-state index contributed by atoms with van der Waals surface area (Å²) < 4.78 is 30.9. The number of hydrogen-bond donors (Lipinski definition) is 0. The highest BCUT2D eigenvalue weighted by Crippen LogP contribution is 2.34. The van der Waals surface area contributed by atoms with Crippen LogP contribution in [0.15, 0.2) is 11.1 Å². The van der Waals surface area contributed by atoms with E-state index in [1.165, 1.54) is 0 Å². The zero-order chi connectivity index (χ0) is 8.77. The molecule has 68 valence electrons. The molecule has 0 unspecified atom stereocenters. The molecule has 0 N–H and O–H groups in total. The van der Waals surface area contributed by atoms with E-state index in [9.17, 15) is 8.42 Å². The minimum absolute atomic E-state index is 0.423. The van der Waals surface area contributed by atoms with Crippen molar-refractivity contribution < 1.29 is 16.8 Å². The normalized spacial score (nSPS) is 38.9. The molecule has 4 nitrogen and oxygen atoms in total. The van der Waals surface area contributed by atoms with Gasteiger partial charge in [-0.3, -0.25) is 0 Å². The Morgan fingerprint density at radius 2 is 2.25 bits per heavy atom. The second kappa shape index (κ2) is 2.70. The van der Waals surface area contributed by atoms with Gasteiger partial charge in [0, 0.05) is 5.03 Å². The second-order valence-corrected chi connectivity index (χ2v) is 4.36. The van der Waals surface area contributed by atoms with Gasteiger partial charge in [-0.1, -0.05) is 17.7 Å². The first kappa shape index (κ1) is 8.50. The highest BCUT2D eigenvalue weighted by Gasteiger charge is 2.42. The fraction of sp³-hybridized carbons (Fsp3) is 0.667. The molecule has 2 rings (SSSR count). The minimum atomic E-state index is -3.79. The number of hydrogen-bond acceptors (Lipinski definition) is 4. The van der Waals surface area contributed by atoms with E-state index in [0.717, 1.165) is 6.42 Å². The molecule has 0 aromatic heterocycles. The maximum Gasteiger partial charge on any atom is 0.400 e. The lowest BCUT2D eigenvalue weighted by Gasteiger charge is -2.17. The summed E-state index contributed by atoms with van der Waals surface area (Å²) in [7, 11) is -3.79. The zero-order valence-corrected chi connectivity index (χ0v) is 7.64. The molecule has 1 saturated heterocycles. The number of rotatable bonds is 0. The van der Waals surface area contributed by atoms with Crippen molar-refractivity contribution in [3.8, 4) is 0 Å². The molecule has 12 heavy (non-hydrogen) atoms. The van der Waals surface area contributed by atoms with Crippen LogP contribution in [0.2, 0.25) is 0 Å². The van der Waals surface area contributed by atoms with E-state index in [1.54, 1.807) is 6.08 Å². The molecule has 0 aromatic rings. The summed E-state index contributed by atoms with van der Waals surface area (Å²) in [6, 6.07) is 0. The lowest BCUT2D eigenvalue weighted by molar-refractivity contribution is 0.171. The van der Waals surface area contributed by atoms with Crippen LogP contribution in [-0.2, 0) is 18.8 Å². The molecule has 1 aliphatic heterocycles. The highest BCUT2D eigenvalue weighted by molar-refractivity contribution is 7.82. The summed E-state index contributed by atoms with van der Waals surface area (Å²) >= 11 is 5.74. The predicted molar refractivity (Wildman–Crippen MR) is 41.8 cm³/mol. The molecule has 2 aliphatic rings. The van der Waals surface area contributed by atoms with Crippen molar-refractivity contribution in [1.82, 2.24) is 0 Å². The van der Waals surface area contributed by atoms with Crippen LogP contribution in [0.5, 0.6) is 0 Å². The van der Waals surface area contributed by atoms with Crippen molar-refractivity contribution in [2.24, 2.45) is 0 Å². The SMILES string of the molecule is O=S1(=O)O[C@H]2CCC=C(Cl)[C@H]2O1. The topological polar surface area (TPSA) is 52.6 Å². The van der Waals surface area contributed by atoms with Crippen LogP contribution in [0.25, 0.3) is 0 Å². The van der Waals surface area contributed by atoms with Gasteiger partial charge in [0.2, 0.25) is 0 Å². The molecule has 6 heteroatoms. The molecule has 0 aromatic carbocycles. The van der Waals surface area contributed by atoms with Crippen LogP contribution < -0.4 is 0 Å². The number of fused-ring (bicyclic) bond motifs is 1. The highest BCUT2D eigenvalue weighted by atomic mass is 35.5. The summed E-state index contributed by atoms with van der Waals surface area (Å²) in [5.74, 6) is 0. The molecule has 0 saturated carbocycles. The Kier molecular flexibility index (Phi) is 1.91. The third-order valence-corrected chi connectivity index (χ3v) is 3.16. The van der Waals surface area contributed by atoms with Crippen molar-refractivity contribution >= 4 is 22.0 Å². The first-order valence-corrected chi connectivity index (χ1v) is 5.27. The number of allylic oxidation sites excluding steroid dienone is 1. The van der Waals surface area contributed by atoms with Gasteiger partial charge in [-0.2, -0.15) is 8.42 Å².